The molecule has 0 fully saturated rings. The number of ether oxygens (including phenoxy) is 1. The van der Waals surface area contributed by atoms with Gasteiger partial charge in [0.05, 0.1) is 11.4 Å². The second-order valence-electron chi connectivity index (χ2n) is 5.79. The number of rotatable bonds is 3. The van der Waals surface area contributed by atoms with Crippen LogP contribution in [0, 0.1) is 0 Å². The molecule has 7 nitrogen and oxygen atoms in total. The third-order valence-electron chi connectivity index (χ3n) is 4.03. The molecule has 1 N–H and O–H groups in total. The van der Waals surface area contributed by atoms with Gasteiger partial charge in [-0.3, -0.25) is 14.5 Å². The predicted molar refractivity (Wildman–Crippen MR) is 95.4 cm³/mol. The van der Waals surface area contributed by atoms with E-state index in [1.165, 1.54) is 11.0 Å². The molecule has 0 unspecified atom stereocenters. The van der Waals surface area contributed by atoms with Crippen LogP contribution in [-0.4, -0.2) is 25.0 Å². The van der Waals surface area contributed by atoms with Gasteiger partial charge in [0.2, 0.25) is 5.91 Å². The van der Waals surface area contributed by atoms with Gasteiger partial charge in [-0.25, -0.2) is 4.79 Å². The van der Waals surface area contributed by atoms with E-state index in [0.29, 0.717) is 22.7 Å². The van der Waals surface area contributed by atoms with Crippen molar-refractivity contribution in [1.29, 1.82) is 0 Å². The molecule has 26 heavy (non-hydrogen) atoms. The van der Waals surface area contributed by atoms with E-state index < -0.39 is 5.63 Å². The fourth-order valence-corrected chi connectivity index (χ4v) is 2.81. The SMILES string of the molecule is O=C1CN(C(=O)COc2ccc3ccc(=O)oc3c2)c2ccccc2N1. The predicted octanol–water partition coefficient (Wildman–Crippen LogP) is 2.16. The lowest BCUT2D eigenvalue weighted by molar-refractivity contribution is -0.123. The van der Waals surface area contributed by atoms with E-state index in [1.807, 2.05) is 0 Å². The van der Waals surface area contributed by atoms with Gasteiger partial charge in [0.1, 0.15) is 17.9 Å². The monoisotopic (exact) mass is 350 g/mol. The van der Waals surface area contributed by atoms with Crippen LogP contribution >= 0.6 is 0 Å². The molecular formula is C19H14N2O5. The van der Waals surface area contributed by atoms with Gasteiger partial charge >= 0.3 is 5.63 Å². The van der Waals surface area contributed by atoms with Gasteiger partial charge in [-0.2, -0.15) is 0 Å². The second kappa shape index (κ2) is 6.36. The average Bonchev–Trinajstić information content (AvgIpc) is 2.65. The van der Waals surface area contributed by atoms with E-state index in [-0.39, 0.29) is 25.0 Å². The Kier molecular flexibility index (Phi) is 3.89. The third-order valence-corrected chi connectivity index (χ3v) is 4.03. The van der Waals surface area contributed by atoms with Gasteiger partial charge in [-0.15, -0.1) is 0 Å². The van der Waals surface area contributed by atoms with Crippen molar-refractivity contribution in [3.8, 4) is 5.75 Å². The number of hydrogen-bond acceptors (Lipinski definition) is 5. The van der Waals surface area contributed by atoms with Crippen molar-refractivity contribution in [2.45, 2.75) is 0 Å². The number of para-hydroxylation sites is 2. The molecule has 0 spiro atoms. The van der Waals surface area contributed by atoms with Gasteiger partial charge in [0, 0.05) is 17.5 Å². The number of nitrogens with zero attached hydrogens (tertiary/aromatic N) is 1. The molecule has 3 aromatic rings. The number of carbonyl (C=O) groups excluding carboxylic acids is 2. The van der Waals surface area contributed by atoms with E-state index in [9.17, 15) is 14.4 Å². The topological polar surface area (TPSA) is 88.8 Å². The molecule has 1 aromatic heterocycles. The van der Waals surface area contributed by atoms with Crippen molar-refractivity contribution < 1.29 is 18.7 Å². The number of nitrogens with one attached hydrogen (secondary N) is 1. The molecule has 7 heteroatoms. The van der Waals surface area contributed by atoms with E-state index >= 15 is 0 Å². The molecule has 2 heterocycles. The highest BCUT2D eigenvalue weighted by atomic mass is 16.5. The molecular weight excluding hydrogens is 336 g/mol. The summed E-state index contributed by atoms with van der Waals surface area (Å²) in [6.07, 6.45) is 0. The summed E-state index contributed by atoms with van der Waals surface area (Å²) in [4.78, 5) is 37.0. The summed E-state index contributed by atoms with van der Waals surface area (Å²) >= 11 is 0. The smallest absolute Gasteiger partial charge is 0.336 e. The number of benzene rings is 2. The Morgan fingerprint density at radius 2 is 1.92 bits per heavy atom. The summed E-state index contributed by atoms with van der Waals surface area (Å²) in [6.45, 7) is -0.310. The quantitative estimate of drug-likeness (QED) is 0.731. The van der Waals surface area contributed by atoms with Crippen LogP contribution in [0.5, 0.6) is 5.75 Å². The highest BCUT2D eigenvalue weighted by molar-refractivity contribution is 6.10. The van der Waals surface area contributed by atoms with Gasteiger partial charge in [-0.1, -0.05) is 12.1 Å². The molecule has 0 saturated heterocycles. The Morgan fingerprint density at radius 3 is 2.81 bits per heavy atom. The first-order chi connectivity index (χ1) is 12.6. The molecule has 0 atom stereocenters. The van der Waals surface area contributed by atoms with Crippen LogP contribution in [0.15, 0.2) is 63.8 Å². The average molecular weight is 350 g/mol. The zero-order chi connectivity index (χ0) is 18.1. The summed E-state index contributed by atoms with van der Waals surface area (Å²) < 4.78 is 10.6. The Balaban J connectivity index is 1.52. The second-order valence-corrected chi connectivity index (χ2v) is 5.79. The van der Waals surface area contributed by atoms with Crippen LogP contribution in [0.4, 0.5) is 11.4 Å². The summed E-state index contributed by atoms with van der Waals surface area (Å²) in [5, 5.41) is 3.48. The van der Waals surface area contributed by atoms with E-state index in [2.05, 4.69) is 5.32 Å². The van der Waals surface area contributed by atoms with Crippen LogP contribution in [0.1, 0.15) is 0 Å². The van der Waals surface area contributed by atoms with Crippen LogP contribution in [-0.2, 0) is 9.59 Å². The first-order valence-electron chi connectivity index (χ1n) is 7.96. The van der Waals surface area contributed by atoms with Crippen molar-refractivity contribution in [2.24, 2.45) is 0 Å². The van der Waals surface area contributed by atoms with Crippen LogP contribution in [0.3, 0.4) is 0 Å². The number of fused-ring (bicyclic) bond motifs is 2. The maximum atomic E-state index is 12.5. The first-order valence-corrected chi connectivity index (χ1v) is 7.96. The molecule has 1 aliphatic rings. The molecule has 0 radical (unpaired) electrons. The fourth-order valence-electron chi connectivity index (χ4n) is 2.81. The molecule has 4 rings (SSSR count). The summed E-state index contributed by atoms with van der Waals surface area (Å²) in [7, 11) is 0. The zero-order valence-corrected chi connectivity index (χ0v) is 13.6. The molecule has 0 bridgehead atoms. The Bertz CT molecular complexity index is 1070. The van der Waals surface area contributed by atoms with E-state index in [4.69, 9.17) is 9.15 Å². The Morgan fingerprint density at radius 1 is 1.12 bits per heavy atom. The van der Waals surface area contributed by atoms with Crippen molar-refractivity contribution in [1.82, 2.24) is 0 Å². The lowest BCUT2D eigenvalue weighted by Gasteiger charge is -2.29. The molecule has 130 valence electrons. The lowest BCUT2D eigenvalue weighted by atomic mass is 10.2. The number of carbonyl (C=O) groups is 2. The van der Waals surface area contributed by atoms with Crippen molar-refractivity contribution >= 4 is 34.2 Å². The highest BCUT2D eigenvalue weighted by Crippen LogP contribution is 2.29. The standard InChI is InChI=1S/C19H14N2O5/c22-17-10-21(15-4-2-1-3-14(15)20-17)18(23)11-25-13-7-5-12-6-8-19(24)26-16(12)9-13/h1-9H,10-11H2,(H,20,22). The Labute approximate surface area is 147 Å². The van der Waals surface area contributed by atoms with Crippen molar-refractivity contribution in [3.63, 3.8) is 0 Å². The van der Waals surface area contributed by atoms with Gasteiger partial charge in [0.25, 0.3) is 5.91 Å². The normalized spacial score (nSPS) is 13.2. The summed E-state index contributed by atoms with van der Waals surface area (Å²) in [6, 6.07) is 15.0. The van der Waals surface area contributed by atoms with E-state index in [0.717, 1.165) is 5.39 Å². The van der Waals surface area contributed by atoms with Crippen LogP contribution in [0.25, 0.3) is 11.0 Å². The maximum Gasteiger partial charge on any atom is 0.336 e. The molecule has 0 saturated carbocycles. The minimum Gasteiger partial charge on any atom is -0.484 e. The van der Waals surface area contributed by atoms with E-state index in [1.54, 1.807) is 48.5 Å². The van der Waals surface area contributed by atoms with Gasteiger partial charge < -0.3 is 14.5 Å². The molecule has 0 aliphatic carbocycles. The lowest BCUT2D eigenvalue weighted by Crippen LogP contribution is -2.44. The summed E-state index contributed by atoms with van der Waals surface area (Å²) in [5.74, 6) is -0.207. The van der Waals surface area contributed by atoms with Crippen LogP contribution in [0.2, 0.25) is 0 Å². The Hall–Kier alpha value is -3.61. The zero-order valence-electron chi connectivity index (χ0n) is 13.6. The van der Waals surface area contributed by atoms with Gasteiger partial charge in [-0.05, 0) is 30.3 Å². The largest absolute Gasteiger partial charge is 0.484 e. The number of anilines is 2. The number of hydrogen-bond donors (Lipinski definition) is 1. The minimum atomic E-state index is -0.457. The first kappa shape index (κ1) is 15.9. The number of amides is 2. The highest BCUT2D eigenvalue weighted by Gasteiger charge is 2.26. The molecule has 1 aliphatic heterocycles. The van der Waals surface area contributed by atoms with Gasteiger partial charge in [0.15, 0.2) is 6.61 Å². The third kappa shape index (κ3) is 3.02. The van der Waals surface area contributed by atoms with Crippen molar-refractivity contribution in [3.05, 3.63) is 65.0 Å². The minimum absolute atomic E-state index is 0.0637. The fraction of sp³-hybridized carbons (Fsp3) is 0.105. The summed E-state index contributed by atoms with van der Waals surface area (Å²) in [5.41, 5.74) is 1.14. The molecule has 2 amide bonds. The van der Waals surface area contributed by atoms with Crippen LogP contribution < -0.4 is 20.6 Å². The maximum absolute atomic E-state index is 12.5. The molecule has 2 aromatic carbocycles. The van der Waals surface area contributed by atoms with Crippen molar-refractivity contribution in [2.75, 3.05) is 23.4 Å².